The third-order valence-electron chi connectivity index (χ3n) is 6.11. The Bertz CT molecular complexity index is 976. The minimum Gasteiger partial charge on any atom is -0.320 e. The van der Waals surface area contributed by atoms with Crippen LogP contribution in [0.1, 0.15) is 12.8 Å². The molecular weight excluding hydrogens is 407 g/mol. The minimum absolute atomic E-state index is 0.0679. The summed E-state index contributed by atoms with van der Waals surface area (Å²) in [5, 5.41) is 3.25. The molecule has 2 aliphatic carbocycles. The Kier molecular flexibility index (Phi) is 4.43. The molecule has 0 bridgehead atoms. The first-order chi connectivity index (χ1) is 13.9. The van der Waals surface area contributed by atoms with Gasteiger partial charge in [0.1, 0.15) is 5.82 Å². The summed E-state index contributed by atoms with van der Waals surface area (Å²) in [6.07, 6.45) is 3.08. The number of ether oxygens (including phenoxy) is 1. The number of aromatic nitrogens is 1. The van der Waals surface area contributed by atoms with Gasteiger partial charge in [0.05, 0.1) is 12.3 Å². The van der Waals surface area contributed by atoms with Crippen LogP contribution in [0.3, 0.4) is 0 Å². The van der Waals surface area contributed by atoms with E-state index in [1.165, 1.54) is 12.3 Å². The van der Waals surface area contributed by atoms with Gasteiger partial charge in [0.15, 0.2) is 0 Å². The van der Waals surface area contributed by atoms with Gasteiger partial charge in [-0.3, -0.25) is 4.98 Å². The molecule has 2 amide bonds. The molecule has 1 aromatic heterocycles. The molecule has 1 N–H and O–H groups in total. The van der Waals surface area contributed by atoms with Gasteiger partial charge in [-0.2, -0.15) is 8.78 Å². The van der Waals surface area contributed by atoms with E-state index in [0.29, 0.717) is 40.6 Å². The maximum atomic E-state index is 13.5. The molecule has 3 fully saturated rings. The number of carbonyl (C=O) groups is 1. The zero-order valence-electron chi connectivity index (χ0n) is 15.1. The van der Waals surface area contributed by atoms with Gasteiger partial charge in [-0.15, -0.1) is 0 Å². The van der Waals surface area contributed by atoms with E-state index in [4.69, 9.17) is 11.6 Å². The summed E-state index contributed by atoms with van der Waals surface area (Å²) < 4.78 is 43.2. The average Bonchev–Trinajstić information content (AvgIpc) is 3.32. The van der Waals surface area contributed by atoms with Crippen molar-refractivity contribution in [2.75, 3.05) is 5.32 Å². The average molecular weight is 424 g/mol. The molecule has 1 saturated heterocycles. The van der Waals surface area contributed by atoms with E-state index in [2.05, 4.69) is 15.0 Å². The fourth-order valence-corrected chi connectivity index (χ4v) is 5.17. The van der Waals surface area contributed by atoms with Crippen molar-refractivity contribution in [3.63, 3.8) is 0 Å². The number of urea groups is 1. The van der Waals surface area contributed by atoms with Gasteiger partial charge in [-0.05, 0) is 43.0 Å². The third kappa shape index (κ3) is 3.24. The molecule has 5 nitrogen and oxygen atoms in total. The monoisotopic (exact) mass is 423 g/mol. The summed E-state index contributed by atoms with van der Waals surface area (Å²) >= 11 is 6.23. The minimum atomic E-state index is -2.79. The molecule has 3 aliphatic rings. The fourth-order valence-electron chi connectivity index (χ4n) is 4.94. The second-order valence-electron chi connectivity index (χ2n) is 7.71. The Labute approximate surface area is 169 Å². The maximum absolute atomic E-state index is 13.5. The largest absolute Gasteiger partial charge is 0.345 e. The fraction of sp³-hybridized carbons (Fsp3) is 0.400. The molecule has 5 rings (SSSR count). The predicted molar refractivity (Wildman–Crippen MR) is 100 cm³/mol. The lowest BCUT2D eigenvalue weighted by atomic mass is 9.90. The second-order valence-corrected chi connectivity index (χ2v) is 8.12. The number of fused-ring (bicyclic) bond motifs is 1. The van der Waals surface area contributed by atoms with E-state index in [-0.39, 0.29) is 24.0 Å². The van der Waals surface area contributed by atoms with E-state index in [1.54, 1.807) is 23.1 Å². The van der Waals surface area contributed by atoms with Crippen molar-refractivity contribution in [1.82, 2.24) is 9.88 Å². The van der Waals surface area contributed by atoms with Crippen molar-refractivity contribution in [1.29, 1.82) is 0 Å². The maximum Gasteiger partial charge on any atom is 0.345 e. The number of alkyl halides is 2. The van der Waals surface area contributed by atoms with Crippen molar-refractivity contribution < 1.29 is 22.7 Å². The highest BCUT2D eigenvalue weighted by molar-refractivity contribution is 6.33. The molecule has 0 radical (unpaired) electrons. The van der Waals surface area contributed by atoms with Gasteiger partial charge in [-0.1, -0.05) is 11.6 Å². The molecule has 1 aromatic carbocycles. The van der Waals surface area contributed by atoms with Crippen LogP contribution in [0.2, 0.25) is 5.02 Å². The molecule has 152 valence electrons. The van der Waals surface area contributed by atoms with Crippen LogP contribution in [-0.4, -0.2) is 40.7 Å². The van der Waals surface area contributed by atoms with Crippen LogP contribution in [0.25, 0.3) is 11.1 Å². The highest BCUT2D eigenvalue weighted by Gasteiger charge is 2.72. The summed E-state index contributed by atoms with van der Waals surface area (Å²) in [5.74, 6) is 0.154. The lowest BCUT2D eigenvalue weighted by Crippen LogP contribution is -2.55. The summed E-state index contributed by atoms with van der Waals surface area (Å²) in [6, 6.07) is 6.02. The van der Waals surface area contributed by atoms with Crippen LogP contribution in [0, 0.1) is 17.7 Å². The van der Waals surface area contributed by atoms with Gasteiger partial charge in [0, 0.05) is 46.0 Å². The third-order valence-corrected chi connectivity index (χ3v) is 6.44. The Balaban J connectivity index is 1.31. The zero-order valence-corrected chi connectivity index (χ0v) is 15.8. The molecule has 2 aromatic rings. The van der Waals surface area contributed by atoms with Gasteiger partial charge in [0.25, 0.3) is 0 Å². The Morgan fingerprint density at radius 2 is 2.10 bits per heavy atom. The molecule has 5 atom stereocenters. The number of pyridine rings is 1. The number of amides is 2. The number of anilines is 1. The Morgan fingerprint density at radius 1 is 1.28 bits per heavy atom. The van der Waals surface area contributed by atoms with Crippen LogP contribution in [0.5, 0.6) is 0 Å². The van der Waals surface area contributed by atoms with Crippen LogP contribution in [0.15, 0.2) is 36.7 Å². The lowest BCUT2D eigenvalue weighted by Gasteiger charge is -2.41. The second kappa shape index (κ2) is 6.88. The van der Waals surface area contributed by atoms with Crippen LogP contribution >= 0.6 is 11.6 Å². The van der Waals surface area contributed by atoms with Crippen molar-refractivity contribution in [3.05, 3.63) is 47.5 Å². The molecule has 1 aliphatic heterocycles. The first-order valence-electron chi connectivity index (χ1n) is 9.36. The molecule has 9 heteroatoms. The Hall–Kier alpha value is -2.32. The van der Waals surface area contributed by atoms with Crippen LogP contribution in [-0.2, 0) is 4.74 Å². The number of likely N-dealkylation sites (tertiary alicyclic amines) is 1. The number of rotatable bonds is 4. The van der Waals surface area contributed by atoms with Crippen molar-refractivity contribution in [3.8, 4) is 11.1 Å². The van der Waals surface area contributed by atoms with Crippen molar-refractivity contribution >= 4 is 23.3 Å². The molecule has 29 heavy (non-hydrogen) atoms. The number of nitrogens with one attached hydrogen (secondary N) is 1. The number of nitrogens with zero attached hydrogens (tertiary/aromatic N) is 2. The summed E-state index contributed by atoms with van der Waals surface area (Å²) in [4.78, 5) is 18.4. The summed E-state index contributed by atoms with van der Waals surface area (Å²) in [6.45, 7) is -2.79. The van der Waals surface area contributed by atoms with Crippen LogP contribution < -0.4 is 5.32 Å². The summed E-state index contributed by atoms with van der Waals surface area (Å²) in [5.41, 5.74) is 1.56. The first-order valence-corrected chi connectivity index (χ1v) is 9.73. The normalized spacial score (nSPS) is 29.3. The lowest BCUT2D eigenvalue weighted by molar-refractivity contribution is -0.173. The van der Waals surface area contributed by atoms with Gasteiger partial charge < -0.3 is 15.0 Å². The van der Waals surface area contributed by atoms with E-state index < -0.39 is 18.5 Å². The van der Waals surface area contributed by atoms with E-state index >= 15 is 0 Å². The van der Waals surface area contributed by atoms with Crippen molar-refractivity contribution in [2.24, 2.45) is 11.8 Å². The number of hydrogen-bond acceptors (Lipinski definition) is 3. The quantitative estimate of drug-likeness (QED) is 0.770. The van der Waals surface area contributed by atoms with Gasteiger partial charge in [0.2, 0.25) is 0 Å². The van der Waals surface area contributed by atoms with E-state index in [0.717, 1.165) is 6.20 Å². The smallest absolute Gasteiger partial charge is 0.320 e. The first kappa shape index (κ1) is 18.7. The summed E-state index contributed by atoms with van der Waals surface area (Å²) in [7, 11) is 0. The SMILES string of the molecule is O=C(Nc1ccc(Cl)c(-c2cncc(F)c2)c1)N1C2C[C@@H](OC(F)F)C[C@H]3C1[C@@H]23. The highest BCUT2D eigenvalue weighted by atomic mass is 35.5. The Morgan fingerprint density at radius 3 is 2.86 bits per heavy atom. The standard InChI is InChI=1S/C20H17ClF3N3O2/c21-15-2-1-11(4-13(15)9-3-10(22)8-25-7-9)26-20(28)27-16-6-12(29-19(23)24)5-14-17(16)18(14)27/h1-4,7-8,12,14,16-19H,5-6H2,(H,26,28)/t12-,14+,16?,17+,18?/m0/s1. The van der Waals surface area contributed by atoms with Gasteiger partial charge in [-0.25, -0.2) is 9.18 Å². The number of hydrogen-bond donors (Lipinski definition) is 1. The molecule has 2 unspecified atom stereocenters. The van der Waals surface area contributed by atoms with E-state index in [1.807, 2.05) is 0 Å². The van der Waals surface area contributed by atoms with Crippen molar-refractivity contribution in [2.45, 2.75) is 37.6 Å². The molecule has 2 heterocycles. The van der Waals surface area contributed by atoms with Crippen LogP contribution in [0.4, 0.5) is 23.7 Å². The molecule has 0 spiro atoms. The van der Waals surface area contributed by atoms with Gasteiger partial charge >= 0.3 is 12.6 Å². The number of benzene rings is 1. The zero-order chi connectivity index (χ0) is 20.3. The molecular formula is C20H17ClF3N3O2. The highest BCUT2D eigenvalue weighted by Crippen LogP contribution is 2.63. The number of carbonyl (C=O) groups excluding carboxylic acids is 1. The number of halogens is 4. The van der Waals surface area contributed by atoms with E-state index in [9.17, 15) is 18.0 Å². The molecule has 2 saturated carbocycles. The predicted octanol–water partition coefficient (Wildman–Crippen LogP) is 4.77. The topological polar surface area (TPSA) is 54.5 Å².